The van der Waals surface area contributed by atoms with Crippen molar-refractivity contribution in [3.05, 3.63) is 52.7 Å². The monoisotopic (exact) mass is 306 g/mol. The second-order valence-corrected chi connectivity index (χ2v) is 7.03. The largest absolute Gasteiger partial charge is 0.452 e. The highest BCUT2D eigenvalue weighted by Crippen LogP contribution is 2.52. The number of aromatic amines is 1. The van der Waals surface area contributed by atoms with Crippen molar-refractivity contribution in [2.45, 2.75) is 33.1 Å². The van der Waals surface area contributed by atoms with Crippen LogP contribution in [0.15, 0.2) is 30.3 Å². The second-order valence-electron chi connectivity index (χ2n) is 7.03. The maximum absolute atomic E-state index is 6.42. The fourth-order valence-corrected chi connectivity index (χ4v) is 3.69. The molecule has 118 valence electrons. The van der Waals surface area contributed by atoms with Gasteiger partial charge in [-0.3, -0.25) is 0 Å². The van der Waals surface area contributed by atoms with Crippen molar-refractivity contribution < 1.29 is 4.74 Å². The van der Waals surface area contributed by atoms with Crippen LogP contribution >= 0.6 is 0 Å². The zero-order chi connectivity index (χ0) is 16.4. The van der Waals surface area contributed by atoms with Crippen molar-refractivity contribution in [2.75, 3.05) is 12.4 Å². The van der Waals surface area contributed by atoms with E-state index in [4.69, 9.17) is 4.74 Å². The van der Waals surface area contributed by atoms with Crippen molar-refractivity contribution in [1.82, 2.24) is 4.98 Å². The number of benzene rings is 2. The summed E-state index contributed by atoms with van der Waals surface area (Å²) in [5.74, 6) is 1.89. The summed E-state index contributed by atoms with van der Waals surface area (Å²) in [6.07, 6.45) is 0. The molecule has 2 N–H and O–H groups in total. The first-order valence-electron chi connectivity index (χ1n) is 8.05. The zero-order valence-electron chi connectivity index (χ0n) is 14.3. The Morgan fingerprint density at radius 2 is 1.78 bits per heavy atom. The molecule has 0 aliphatic carbocycles. The lowest BCUT2D eigenvalue weighted by atomic mass is 9.75. The number of hydrogen-bond acceptors (Lipinski definition) is 2. The molecule has 0 unspecified atom stereocenters. The molecule has 0 atom stereocenters. The topological polar surface area (TPSA) is 37.0 Å². The Balaban J connectivity index is 2.06. The Labute approximate surface area is 136 Å². The van der Waals surface area contributed by atoms with Crippen molar-refractivity contribution in [3.63, 3.8) is 0 Å². The van der Waals surface area contributed by atoms with Crippen LogP contribution in [0.5, 0.6) is 11.5 Å². The minimum atomic E-state index is -0.103. The van der Waals surface area contributed by atoms with Gasteiger partial charge in [-0.1, -0.05) is 32.0 Å². The Bertz CT molecular complexity index is 934. The molecule has 3 aromatic rings. The average Bonchev–Trinajstić information content (AvgIpc) is 2.88. The van der Waals surface area contributed by atoms with E-state index in [1.165, 1.54) is 22.1 Å². The maximum Gasteiger partial charge on any atom is 0.155 e. The van der Waals surface area contributed by atoms with Crippen LogP contribution in [0.1, 0.15) is 36.2 Å². The van der Waals surface area contributed by atoms with Gasteiger partial charge in [-0.15, -0.1) is 0 Å². The first-order chi connectivity index (χ1) is 10.9. The minimum Gasteiger partial charge on any atom is -0.452 e. The summed E-state index contributed by atoms with van der Waals surface area (Å²) in [6.45, 7) is 8.75. The molecule has 0 fully saturated rings. The molecule has 0 radical (unpaired) electrons. The molecule has 0 bridgehead atoms. The molecule has 2 heterocycles. The van der Waals surface area contributed by atoms with E-state index in [-0.39, 0.29) is 5.41 Å². The van der Waals surface area contributed by atoms with Crippen LogP contribution in [0.2, 0.25) is 0 Å². The summed E-state index contributed by atoms with van der Waals surface area (Å²) >= 11 is 0. The predicted octanol–water partition coefficient (Wildman–Crippen LogP) is 5.26. The molecule has 0 saturated carbocycles. The molecule has 0 amide bonds. The number of aromatic nitrogens is 1. The molecule has 1 aliphatic rings. The number of nitrogens with one attached hydrogen (secondary N) is 2. The van der Waals surface area contributed by atoms with E-state index in [1.807, 2.05) is 7.05 Å². The van der Waals surface area contributed by atoms with Crippen LogP contribution in [0.3, 0.4) is 0 Å². The molecule has 1 aromatic heterocycles. The van der Waals surface area contributed by atoms with E-state index in [2.05, 4.69) is 68.3 Å². The fraction of sp³-hybridized carbons (Fsp3) is 0.300. The molecule has 0 saturated heterocycles. The summed E-state index contributed by atoms with van der Waals surface area (Å²) < 4.78 is 6.42. The van der Waals surface area contributed by atoms with Gasteiger partial charge in [0.2, 0.25) is 0 Å². The Hall–Kier alpha value is -2.42. The van der Waals surface area contributed by atoms with Gasteiger partial charge in [0.05, 0.1) is 11.2 Å². The number of H-pyrrole nitrogens is 1. The number of rotatable bonds is 1. The molecule has 4 rings (SSSR count). The number of fused-ring (bicyclic) bond motifs is 4. The van der Waals surface area contributed by atoms with Crippen LogP contribution in [0.25, 0.3) is 10.9 Å². The summed E-state index contributed by atoms with van der Waals surface area (Å²) in [4.78, 5) is 3.46. The van der Waals surface area contributed by atoms with E-state index in [0.717, 1.165) is 28.4 Å². The number of aryl methyl sites for hydroxylation is 2. The molecular formula is C20H22N2O. The summed E-state index contributed by atoms with van der Waals surface area (Å²) in [6, 6.07) is 10.9. The van der Waals surface area contributed by atoms with E-state index in [0.29, 0.717) is 0 Å². The van der Waals surface area contributed by atoms with Crippen molar-refractivity contribution in [3.8, 4) is 11.5 Å². The SMILES string of the molecule is CNc1cc(C)cc2c1Oc1c(ccc3cc(C)[nH]c13)C2(C)C. The standard InChI is InChI=1S/C20H22N2O/c1-11-8-15-18(16(9-11)21-5)23-19-14(20(15,3)4)7-6-13-10-12(2)22-17(13)19/h6-10,21-22H,1-5H3. The first kappa shape index (κ1) is 14.2. The fourth-order valence-electron chi connectivity index (χ4n) is 3.69. The predicted molar refractivity (Wildman–Crippen MR) is 96.0 cm³/mol. The van der Waals surface area contributed by atoms with Crippen LogP contribution in [0.4, 0.5) is 5.69 Å². The van der Waals surface area contributed by atoms with Gasteiger partial charge >= 0.3 is 0 Å². The Kier molecular flexibility index (Phi) is 2.80. The van der Waals surface area contributed by atoms with Gasteiger partial charge < -0.3 is 15.0 Å². The van der Waals surface area contributed by atoms with Crippen molar-refractivity contribution in [2.24, 2.45) is 0 Å². The average molecular weight is 306 g/mol. The number of ether oxygens (including phenoxy) is 1. The summed E-state index contributed by atoms with van der Waals surface area (Å²) in [5, 5.41) is 4.48. The Morgan fingerprint density at radius 3 is 2.52 bits per heavy atom. The van der Waals surface area contributed by atoms with Crippen molar-refractivity contribution in [1.29, 1.82) is 0 Å². The quantitative estimate of drug-likeness (QED) is 0.643. The van der Waals surface area contributed by atoms with E-state index in [1.54, 1.807) is 0 Å². The van der Waals surface area contributed by atoms with E-state index < -0.39 is 0 Å². The third kappa shape index (κ3) is 1.89. The molecule has 2 aromatic carbocycles. The van der Waals surface area contributed by atoms with Crippen LogP contribution < -0.4 is 10.1 Å². The minimum absolute atomic E-state index is 0.103. The summed E-state index contributed by atoms with van der Waals surface area (Å²) in [5.41, 5.74) is 6.88. The zero-order valence-corrected chi connectivity index (χ0v) is 14.3. The Morgan fingerprint density at radius 1 is 1.00 bits per heavy atom. The molecular weight excluding hydrogens is 284 g/mol. The number of anilines is 1. The first-order valence-corrected chi connectivity index (χ1v) is 8.05. The van der Waals surface area contributed by atoms with Crippen LogP contribution in [0, 0.1) is 13.8 Å². The highest BCUT2D eigenvalue weighted by molar-refractivity contribution is 5.90. The van der Waals surface area contributed by atoms with Gasteiger partial charge in [-0.2, -0.15) is 0 Å². The van der Waals surface area contributed by atoms with Crippen LogP contribution in [-0.2, 0) is 5.41 Å². The van der Waals surface area contributed by atoms with Gasteiger partial charge in [0.1, 0.15) is 0 Å². The summed E-state index contributed by atoms with van der Waals surface area (Å²) in [7, 11) is 1.94. The third-order valence-electron chi connectivity index (χ3n) is 4.94. The lowest BCUT2D eigenvalue weighted by Crippen LogP contribution is -2.25. The third-order valence-corrected chi connectivity index (χ3v) is 4.94. The molecule has 3 nitrogen and oxygen atoms in total. The van der Waals surface area contributed by atoms with Gasteiger partial charge in [-0.05, 0) is 31.5 Å². The highest BCUT2D eigenvalue weighted by atomic mass is 16.5. The smallest absolute Gasteiger partial charge is 0.155 e. The lowest BCUT2D eigenvalue weighted by Gasteiger charge is -2.36. The maximum atomic E-state index is 6.42. The van der Waals surface area contributed by atoms with Gasteiger partial charge in [-0.25, -0.2) is 0 Å². The van der Waals surface area contributed by atoms with Gasteiger partial charge in [0, 0.05) is 34.7 Å². The lowest BCUT2D eigenvalue weighted by molar-refractivity contribution is 0.423. The van der Waals surface area contributed by atoms with Gasteiger partial charge in [0.25, 0.3) is 0 Å². The van der Waals surface area contributed by atoms with E-state index in [9.17, 15) is 0 Å². The number of hydrogen-bond donors (Lipinski definition) is 2. The second kappa shape index (κ2) is 4.54. The molecule has 23 heavy (non-hydrogen) atoms. The molecule has 3 heteroatoms. The van der Waals surface area contributed by atoms with Gasteiger partial charge in [0.15, 0.2) is 11.5 Å². The van der Waals surface area contributed by atoms with Crippen LogP contribution in [-0.4, -0.2) is 12.0 Å². The van der Waals surface area contributed by atoms with E-state index >= 15 is 0 Å². The normalized spacial score (nSPS) is 15.0. The van der Waals surface area contributed by atoms with Crippen molar-refractivity contribution >= 4 is 16.6 Å². The molecule has 1 aliphatic heterocycles. The molecule has 0 spiro atoms. The highest BCUT2D eigenvalue weighted by Gasteiger charge is 2.36.